The highest BCUT2D eigenvalue weighted by Crippen LogP contribution is 2.22. The molecule has 140 valence electrons. The summed E-state index contributed by atoms with van der Waals surface area (Å²) in [6.07, 6.45) is 1.76. The van der Waals surface area contributed by atoms with Crippen LogP contribution in [-0.4, -0.2) is 23.1 Å². The minimum Gasteiger partial charge on any atom is -0.372 e. The molecular formula is C22H27N5. The predicted octanol–water partition coefficient (Wildman–Crippen LogP) is 5.43. The van der Waals surface area contributed by atoms with E-state index < -0.39 is 0 Å². The third kappa shape index (κ3) is 4.76. The number of anilines is 5. The highest BCUT2D eigenvalue weighted by molar-refractivity contribution is 5.63. The topological polar surface area (TPSA) is 53.1 Å². The summed E-state index contributed by atoms with van der Waals surface area (Å²) in [6.45, 7) is 10.5. The van der Waals surface area contributed by atoms with Crippen LogP contribution in [0, 0.1) is 13.8 Å². The number of hydrogen-bond acceptors (Lipinski definition) is 5. The molecule has 0 unspecified atom stereocenters. The van der Waals surface area contributed by atoms with Gasteiger partial charge in [0, 0.05) is 36.3 Å². The number of hydrogen-bond donors (Lipinski definition) is 2. The second-order valence-electron chi connectivity index (χ2n) is 6.55. The fourth-order valence-corrected chi connectivity index (χ4v) is 3.06. The van der Waals surface area contributed by atoms with Crippen molar-refractivity contribution >= 4 is 28.8 Å². The first-order valence-electron chi connectivity index (χ1n) is 9.38. The SMILES string of the molecule is CCN(CC)c1ccc(Nc2ccnc(Nc3ccc(C)cc3C)n2)cc1. The smallest absolute Gasteiger partial charge is 0.229 e. The van der Waals surface area contributed by atoms with E-state index in [2.05, 4.69) is 95.7 Å². The van der Waals surface area contributed by atoms with Gasteiger partial charge >= 0.3 is 0 Å². The third-order valence-corrected chi connectivity index (χ3v) is 4.55. The van der Waals surface area contributed by atoms with Crippen molar-refractivity contribution in [3.63, 3.8) is 0 Å². The van der Waals surface area contributed by atoms with E-state index in [9.17, 15) is 0 Å². The van der Waals surface area contributed by atoms with Gasteiger partial charge in [-0.1, -0.05) is 17.7 Å². The molecule has 5 heteroatoms. The number of rotatable bonds is 7. The summed E-state index contributed by atoms with van der Waals surface area (Å²) < 4.78 is 0. The Morgan fingerprint density at radius 2 is 1.63 bits per heavy atom. The Hall–Kier alpha value is -3.08. The fourth-order valence-electron chi connectivity index (χ4n) is 3.06. The molecule has 0 amide bonds. The molecule has 2 aromatic carbocycles. The van der Waals surface area contributed by atoms with Crippen LogP contribution in [0.2, 0.25) is 0 Å². The van der Waals surface area contributed by atoms with Crippen LogP contribution in [0.15, 0.2) is 54.7 Å². The molecule has 0 aliphatic heterocycles. The molecule has 3 aromatic rings. The molecule has 1 aromatic heterocycles. The fraction of sp³-hybridized carbons (Fsp3) is 0.273. The van der Waals surface area contributed by atoms with Crippen molar-refractivity contribution in [2.75, 3.05) is 28.6 Å². The van der Waals surface area contributed by atoms with E-state index in [1.807, 2.05) is 6.07 Å². The molecule has 2 N–H and O–H groups in total. The highest BCUT2D eigenvalue weighted by Gasteiger charge is 2.05. The van der Waals surface area contributed by atoms with Crippen LogP contribution in [0.1, 0.15) is 25.0 Å². The summed E-state index contributed by atoms with van der Waals surface area (Å²) in [5, 5.41) is 6.64. The maximum atomic E-state index is 4.57. The third-order valence-electron chi connectivity index (χ3n) is 4.55. The van der Waals surface area contributed by atoms with E-state index in [0.717, 1.165) is 30.3 Å². The minimum atomic E-state index is 0.576. The number of aromatic nitrogens is 2. The Kier molecular flexibility index (Phi) is 5.91. The standard InChI is InChI=1S/C22H27N5/c1-5-27(6-2)19-10-8-18(9-11-19)24-21-13-14-23-22(26-21)25-20-12-7-16(3)15-17(20)4/h7-15H,5-6H2,1-4H3,(H2,23,24,25,26). The lowest BCUT2D eigenvalue weighted by molar-refractivity contribution is 0.866. The Bertz CT molecular complexity index is 885. The van der Waals surface area contributed by atoms with Crippen molar-refractivity contribution in [3.8, 4) is 0 Å². The molecule has 5 nitrogen and oxygen atoms in total. The second kappa shape index (κ2) is 8.54. The first-order valence-corrected chi connectivity index (χ1v) is 9.38. The molecule has 0 aliphatic rings. The van der Waals surface area contributed by atoms with Crippen LogP contribution in [0.25, 0.3) is 0 Å². The molecule has 1 heterocycles. The van der Waals surface area contributed by atoms with E-state index in [4.69, 9.17) is 0 Å². The van der Waals surface area contributed by atoms with E-state index in [1.54, 1.807) is 6.20 Å². The Morgan fingerprint density at radius 1 is 0.889 bits per heavy atom. The summed E-state index contributed by atoms with van der Waals surface area (Å²) in [6, 6.07) is 16.6. The van der Waals surface area contributed by atoms with E-state index >= 15 is 0 Å². The average molecular weight is 361 g/mol. The second-order valence-corrected chi connectivity index (χ2v) is 6.55. The molecule has 0 bridgehead atoms. The van der Waals surface area contributed by atoms with Crippen molar-refractivity contribution in [1.29, 1.82) is 0 Å². The molecule has 0 radical (unpaired) electrons. The van der Waals surface area contributed by atoms with Crippen LogP contribution in [0.3, 0.4) is 0 Å². The summed E-state index contributed by atoms with van der Waals surface area (Å²) in [7, 11) is 0. The maximum Gasteiger partial charge on any atom is 0.229 e. The van der Waals surface area contributed by atoms with Gasteiger partial charge in [0.2, 0.25) is 5.95 Å². The van der Waals surface area contributed by atoms with Crippen molar-refractivity contribution in [2.24, 2.45) is 0 Å². The van der Waals surface area contributed by atoms with Crippen molar-refractivity contribution in [2.45, 2.75) is 27.7 Å². The van der Waals surface area contributed by atoms with Gasteiger partial charge in [0.05, 0.1) is 0 Å². The van der Waals surface area contributed by atoms with Crippen LogP contribution >= 0.6 is 0 Å². The van der Waals surface area contributed by atoms with E-state index in [-0.39, 0.29) is 0 Å². The van der Waals surface area contributed by atoms with Crippen LogP contribution < -0.4 is 15.5 Å². The first kappa shape index (κ1) is 18.7. The molecule has 0 saturated carbocycles. The van der Waals surface area contributed by atoms with Gasteiger partial charge in [0.15, 0.2) is 0 Å². The van der Waals surface area contributed by atoms with Crippen molar-refractivity contribution in [1.82, 2.24) is 9.97 Å². The summed E-state index contributed by atoms with van der Waals surface area (Å²) in [5.74, 6) is 1.33. The molecule has 0 spiro atoms. The largest absolute Gasteiger partial charge is 0.372 e. The lowest BCUT2D eigenvalue weighted by atomic mass is 10.1. The van der Waals surface area contributed by atoms with Crippen molar-refractivity contribution < 1.29 is 0 Å². The van der Waals surface area contributed by atoms with E-state index in [0.29, 0.717) is 5.95 Å². The molecule has 0 fully saturated rings. The van der Waals surface area contributed by atoms with Gasteiger partial charge in [-0.05, 0) is 69.7 Å². The minimum absolute atomic E-state index is 0.576. The predicted molar refractivity (Wildman–Crippen MR) is 115 cm³/mol. The zero-order valence-corrected chi connectivity index (χ0v) is 16.5. The van der Waals surface area contributed by atoms with Crippen molar-refractivity contribution in [3.05, 3.63) is 65.9 Å². The van der Waals surface area contributed by atoms with Gasteiger partial charge in [0.1, 0.15) is 5.82 Å². The van der Waals surface area contributed by atoms with Gasteiger partial charge < -0.3 is 15.5 Å². The summed E-state index contributed by atoms with van der Waals surface area (Å²) in [4.78, 5) is 11.2. The molecule has 0 saturated heterocycles. The molecule has 0 aliphatic carbocycles. The Balaban J connectivity index is 1.72. The van der Waals surface area contributed by atoms with E-state index in [1.165, 1.54) is 16.8 Å². The summed E-state index contributed by atoms with van der Waals surface area (Å²) >= 11 is 0. The first-order chi connectivity index (χ1) is 13.1. The normalized spacial score (nSPS) is 10.5. The zero-order valence-electron chi connectivity index (χ0n) is 16.5. The number of nitrogens with one attached hydrogen (secondary N) is 2. The number of aryl methyl sites for hydroxylation is 2. The molecule has 0 atom stereocenters. The lowest BCUT2D eigenvalue weighted by Gasteiger charge is -2.21. The van der Waals surface area contributed by atoms with Gasteiger partial charge in [-0.25, -0.2) is 4.98 Å². The lowest BCUT2D eigenvalue weighted by Crippen LogP contribution is -2.21. The van der Waals surface area contributed by atoms with Crippen LogP contribution in [0.5, 0.6) is 0 Å². The van der Waals surface area contributed by atoms with Gasteiger partial charge in [-0.3, -0.25) is 0 Å². The van der Waals surface area contributed by atoms with Gasteiger partial charge in [-0.2, -0.15) is 4.98 Å². The van der Waals surface area contributed by atoms with Crippen LogP contribution in [0.4, 0.5) is 28.8 Å². The zero-order chi connectivity index (χ0) is 19.2. The Labute approximate surface area is 161 Å². The van der Waals surface area contributed by atoms with Gasteiger partial charge in [-0.15, -0.1) is 0 Å². The Morgan fingerprint density at radius 3 is 2.30 bits per heavy atom. The average Bonchev–Trinajstić information content (AvgIpc) is 2.67. The van der Waals surface area contributed by atoms with Gasteiger partial charge in [0.25, 0.3) is 0 Å². The number of benzene rings is 2. The molecular weight excluding hydrogens is 334 g/mol. The quantitative estimate of drug-likeness (QED) is 0.588. The highest BCUT2D eigenvalue weighted by atomic mass is 15.1. The number of nitrogens with zero attached hydrogens (tertiary/aromatic N) is 3. The maximum absolute atomic E-state index is 4.57. The monoisotopic (exact) mass is 361 g/mol. The summed E-state index contributed by atoms with van der Waals surface area (Å²) in [5.41, 5.74) is 5.65. The molecule has 3 rings (SSSR count). The molecule has 27 heavy (non-hydrogen) atoms. The van der Waals surface area contributed by atoms with Crippen LogP contribution in [-0.2, 0) is 0 Å².